The van der Waals surface area contributed by atoms with Gasteiger partial charge >= 0.3 is 0 Å². The molecule has 4 rings (SSSR count). The maximum absolute atomic E-state index is 5.00. The van der Waals surface area contributed by atoms with Crippen LogP contribution in [0.4, 0.5) is 5.69 Å². The van der Waals surface area contributed by atoms with Gasteiger partial charge in [-0.3, -0.25) is 0 Å². The number of rotatable bonds is 3. The van der Waals surface area contributed by atoms with Gasteiger partial charge in [-0.1, -0.05) is 30.3 Å². The Balaban J connectivity index is 1.68. The first-order valence-electron chi connectivity index (χ1n) is 10.8. The number of anilines is 1. The Bertz CT molecular complexity index is 1010. The van der Waals surface area contributed by atoms with Crippen LogP contribution in [0.15, 0.2) is 48.5 Å². The molecule has 3 aromatic rings. The van der Waals surface area contributed by atoms with Gasteiger partial charge in [0.05, 0.1) is 11.2 Å². The summed E-state index contributed by atoms with van der Waals surface area (Å²) < 4.78 is 0. The summed E-state index contributed by atoms with van der Waals surface area (Å²) in [7, 11) is 0. The highest BCUT2D eigenvalue weighted by Gasteiger charge is 2.24. The van der Waals surface area contributed by atoms with Crippen LogP contribution >= 0.6 is 0 Å². The molecule has 2 aromatic carbocycles. The van der Waals surface area contributed by atoms with E-state index in [-0.39, 0.29) is 5.54 Å². The molecule has 0 bridgehead atoms. The molecule has 1 aliphatic rings. The summed E-state index contributed by atoms with van der Waals surface area (Å²) in [4.78, 5) is 7.55. The van der Waals surface area contributed by atoms with Crippen molar-refractivity contribution < 1.29 is 0 Å². The minimum atomic E-state index is 0.173. The average Bonchev–Trinajstić information content (AvgIpc) is 2.69. The number of aryl methyl sites for hydroxylation is 2. The van der Waals surface area contributed by atoms with E-state index in [1.165, 1.54) is 40.6 Å². The van der Waals surface area contributed by atoms with Gasteiger partial charge in [0.25, 0.3) is 0 Å². The molecule has 0 atom stereocenters. The van der Waals surface area contributed by atoms with E-state index in [4.69, 9.17) is 4.98 Å². The number of nitrogens with zero attached hydrogens (tertiary/aromatic N) is 2. The smallest absolute Gasteiger partial charge is 0.0730 e. The third kappa shape index (κ3) is 4.45. The molecule has 3 nitrogen and oxygen atoms in total. The van der Waals surface area contributed by atoms with Crippen molar-refractivity contribution in [2.24, 2.45) is 0 Å². The van der Waals surface area contributed by atoms with E-state index in [0.29, 0.717) is 6.04 Å². The zero-order valence-electron chi connectivity index (χ0n) is 18.4. The van der Waals surface area contributed by atoms with E-state index < -0.39 is 0 Å². The van der Waals surface area contributed by atoms with Gasteiger partial charge in [-0.25, -0.2) is 4.98 Å². The van der Waals surface area contributed by atoms with Crippen LogP contribution in [-0.4, -0.2) is 29.7 Å². The zero-order chi connectivity index (χ0) is 20.6. The number of pyridine rings is 1. The Morgan fingerprint density at radius 3 is 2.34 bits per heavy atom. The number of hydrogen-bond donors (Lipinski definition) is 1. The second-order valence-electron chi connectivity index (χ2n) is 9.50. The van der Waals surface area contributed by atoms with Crippen LogP contribution in [0.2, 0.25) is 0 Å². The molecule has 0 saturated carbocycles. The summed E-state index contributed by atoms with van der Waals surface area (Å²) in [6, 6.07) is 18.1. The number of benzene rings is 2. The normalized spacial score (nSPS) is 15.8. The van der Waals surface area contributed by atoms with Gasteiger partial charge in [0.15, 0.2) is 0 Å². The second-order valence-corrected chi connectivity index (χ2v) is 9.50. The van der Waals surface area contributed by atoms with Crippen molar-refractivity contribution in [1.82, 2.24) is 10.3 Å². The summed E-state index contributed by atoms with van der Waals surface area (Å²) >= 11 is 0. The Labute approximate surface area is 175 Å². The first-order chi connectivity index (χ1) is 13.8. The summed E-state index contributed by atoms with van der Waals surface area (Å²) in [6.07, 6.45) is 2.35. The summed E-state index contributed by atoms with van der Waals surface area (Å²) in [5, 5.41) is 5.03. The van der Waals surface area contributed by atoms with Crippen LogP contribution in [0, 0.1) is 13.8 Å². The summed E-state index contributed by atoms with van der Waals surface area (Å²) in [6.45, 7) is 13.3. The molecule has 1 aliphatic heterocycles. The number of nitrogens with one attached hydrogen (secondary N) is 1. The fraction of sp³-hybridized carbons (Fsp3) is 0.423. The molecule has 0 spiro atoms. The Morgan fingerprint density at radius 1 is 0.931 bits per heavy atom. The van der Waals surface area contributed by atoms with E-state index in [1.54, 1.807) is 0 Å². The van der Waals surface area contributed by atoms with Gasteiger partial charge in [-0.2, -0.15) is 0 Å². The van der Waals surface area contributed by atoms with Gasteiger partial charge in [-0.15, -0.1) is 0 Å². The standard InChI is InChI=1S/C26H33N3/c1-18-10-11-20(16-19(18)2)24-17-25(22-8-6-7-9-23(22)27-24)29-14-12-21(13-15-29)28-26(3,4)5/h6-11,16-17,21,28H,12-15H2,1-5H3. The van der Waals surface area contributed by atoms with Crippen molar-refractivity contribution in [3.05, 3.63) is 59.7 Å². The maximum atomic E-state index is 5.00. The molecule has 0 amide bonds. The molecule has 1 saturated heterocycles. The van der Waals surface area contributed by atoms with E-state index in [9.17, 15) is 0 Å². The van der Waals surface area contributed by atoms with Crippen molar-refractivity contribution in [2.45, 2.75) is 59.0 Å². The van der Waals surface area contributed by atoms with E-state index >= 15 is 0 Å². The molecule has 1 fully saturated rings. The highest BCUT2D eigenvalue weighted by atomic mass is 15.2. The minimum absolute atomic E-state index is 0.173. The fourth-order valence-corrected chi connectivity index (χ4v) is 4.34. The predicted octanol–water partition coefficient (Wildman–Crippen LogP) is 5.88. The van der Waals surface area contributed by atoms with Crippen LogP contribution in [0.25, 0.3) is 22.2 Å². The topological polar surface area (TPSA) is 28.2 Å². The van der Waals surface area contributed by atoms with Crippen molar-refractivity contribution in [1.29, 1.82) is 0 Å². The first kappa shape index (κ1) is 19.9. The lowest BCUT2D eigenvalue weighted by molar-refractivity contribution is 0.317. The monoisotopic (exact) mass is 387 g/mol. The molecular weight excluding hydrogens is 354 g/mol. The number of fused-ring (bicyclic) bond motifs is 1. The molecule has 3 heteroatoms. The molecule has 0 unspecified atom stereocenters. The Kier molecular flexibility index (Phi) is 5.35. The Hall–Kier alpha value is -2.39. The minimum Gasteiger partial charge on any atom is -0.371 e. The number of piperidine rings is 1. The van der Waals surface area contributed by atoms with Crippen LogP contribution in [0.1, 0.15) is 44.7 Å². The third-order valence-electron chi connectivity index (χ3n) is 5.97. The quantitative estimate of drug-likeness (QED) is 0.609. The Morgan fingerprint density at radius 2 is 1.66 bits per heavy atom. The molecule has 1 aromatic heterocycles. The maximum Gasteiger partial charge on any atom is 0.0730 e. The van der Waals surface area contributed by atoms with Crippen LogP contribution in [0.5, 0.6) is 0 Å². The van der Waals surface area contributed by atoms with Gasteiger partial charge in [-0.05, 0) is 76.8 Å². The van der Waals surface area contributed by atoms with E-state index in [1.807, 2.05) is 0 Å². The SMILES string of the molecule is Cc1ccc(-c2cc(N3CCC(NC(C)(C)C)CC3)c3ccccc3n2)cc1C. The fourth-order valence-electron chi connectivity index (χ4n) is 4.34. The van der Waals surface area contributed by atoms with Crippen LogP contribution < -0.4 is 10.2 Å². The molecule has 1 N–H and O–H groups in total. The van der Waals surface area contributed by atoms with Crippen molar-refractivity contribution in [3.8, 4) is 11.3 Å². The highest BCUT2D eigenvalue weighted by molar-refractivity contribution is 5.94. The van der Waals surface area contributed by atoms with Crippen molar-refractivity contribution in [2.75, 3.05) is 18.0 Å². The van der Waals surface area contributed by atoms with Crippen molar-refractivity contribution in [3.63, 3.8) is 0 Å². The summed E-state index contributed by atoms with van der Waals surface area (Å²) in [5.41, 5.74) is 7.47. The third-order valence-corrected chi connectivity index (χ3v) is 5.97. The molecular formula is C26H33N3. The predicted molar refractivity (Wildman–Crippen MR) is 125 cm³/mol. The number of hydrogen-bond acceptors (Lipinski definition) is 3. The van der Waals surface area contributed by atoms with Gasteiger partial charge in [0, 0.05) is 41.3 Å². The molecule has 0 radical (unpaired) electrons. The van der Waals surface area contributed by atoms with Gasteiger partial charge in [0.2, 0.25) is 0 Å². The highest BCUT2D eigenvalue weighted by Crippen LogP contribution is 2.33. The van der Waals surface area contributed by atoms with Crippen LogP contribution in [0.3, 0.4) is 0 Å². The zero-order valence-corrected chi connectivity index (χ0v) is 18.4. The molecule has 152 valence electrons. The molecule has 29 heavy (non-hydrogen) atoms. The largest absolute Gasteiger partial charge is 0.371 e. The number of para-hydroxylation sites is 1. The lowest BCUT2D eigenvalue weighted by atomic mass is 9.98. The molecule has 2 heterocycles. The lowest BCUT2D eigenvalue weighted by Crippen LogP contribution is -2.49. The van der Waals surface area contributed by atoms with Gasteiger partial charge in [0.1, 0.15) is 0 Å². The lowest BCUT2D eigenvalue weighted by Gasteiger charge is -2.37. The van der Waals surface area contributed by atoms with E-state index in [2.05, 4.69) is 93.4 Å². The second kappa shape index (κ2) is 7.79. The molecule has 0 aliphatic carbocycles. The first-order valence-corrected chi connectivity index (χ1v) is 10.8. The van der Waals surface area contributed by atoms with Crippen molar-refractivity contribution >= 4 is 16.6 Å². The van der Waals surface area contributed by atoms with Gasteiger partial charge < -0.3 is 10.2 Å². The summed E-state index contributed by atoms with van der Waals surface area (Å²) in [5.74, 6) is 0. The van der Waals surface area contributed by atoms with Crippen LogP contribution in [-0.2, 0) is 0 Å². The van der Waals surface area contributed by atoms with E-state index in [0.717, 1.165) is 24.3 Å². The number of aromatic nitrogens is 1. The average molecular weight is 388 g/mol.